The van der Waals surface area contributed by atoms with E-state index in [2.05, 4.69) is 11.9 Å². The van der Waals surface area contributed by atoms with E-state index in [0.717, 1.165) is 0 Å². The summed E-state index contributed by atoms with van der Waals surface area (Å²) in [6.07, 6.45) is 0.953. The lowest BCUT2D eigenvalue weighted by molar-refractivity contribution is 0.0523. The zero-order valence-corrected chi connectivity index (χ0v) is 12.0. The molecule has 0 aliphatic heterocycles. The van der Waals surface area contributed by atoms with Gasteiger partial charge in [0.1, 0.15) is 11.4 Å². The van der Waals surface area contributed by atoms with Gasteiger partial charge in [0.15, 0.2) is 0 Å². The van der Waals surface area contributed by atoms with Crippen LogP contribution in [0.15, 0.2) is 18.7 Å². The Kier molecular flexibility index (Phi) is 4.95. The van der Waals surface area contributed by atoms with Crippen molar-refractivity contribution < 1.29 is 13.9 Å². The highest BCUT2D eigenvalue weighted by Gasteiger charge is 2.16. The lowest BCUT2D eigenvalue weighted by Gasteiger charge is -2.19. The van der Waals surface area contributed by atoms with Crippen LogP contribution >= 0.6 is 11.6 Å². The van der Waals surface area contributed by atoms with Gasteiger partial charge >= 0.3 is 6.09 Å². The molecule has 0 saturated heterocycles. The maximum Gasteiger partial charge on any atom is 0.407 e. The number of amides is 1. The number of alkyl carbamates (subject to hydrolysis) is 1. The minimum Gasteiger partial charge on any atom is -0.444 e. The third-order valence-corrected chi connectivity index (χ3v) is 2.46. The summed E-state index contributed by atoms with van der Waals surface area (Å²) in [6, 6.07) is 3.05. The molecule has 0 spiro atoms. The molecule has 104 valence electrons. The summed E-state index contributed by atoms with van der Waals surface area (Å²) in [5, 5.41) is 2.48. The number of carbonyl (C=O) groups is 1. The molecule has 3 nitrogen and oxygen atoms in total. The maximum absolute atomic E-state index is 13.7. The maximum atomic E-state index is 13.7. The third-order valence-electron chi connectivity index (χ3n) is 2.18. The van der Waals surface area contributed by atoms with E-state index in [4.69, 9.17) is 16.3 Å². The molecule has 1 aromatic carbocycles. The topological polar surface area (TPSA) is 38.3 Å². The summed E-state index contributed by atoms with van der Waals surface area (Å²) in [5.74, 6) is -0.552. The van der Waals surface area contributed by atoms with Gasteiger partial charge in [-0.15, -0.1) is 0 Å². The van der Waals surface area contributed by atoms with Gasteiger partial charge in [-0.05, 0) is 38.5 Å². The second kappa shape index (κ2) is 6.06. The zero-order valence-electron chi connectivity index (χ0n) is 11.2. The molecule has 0 fully saturated rings. The molecule has 1 N–H and O–H groups in total. The van der Waals surface area contributed by atoms with Gasteiger partial charge in [-0.25, -0.2) is 9.18 Å². The van der Waals surface area contributed by atoms with Gasteiger partial charge in [-0.2, -0.15) is 0 Å². The van der Waals surface area contributed by atoms with Crippen LogP contribution in [-0.4, -0.2) is 11.7 Å². The van der Waals surface area contributed by atoms with Gasteiger partial charge in [0, 0.05) is 12.1 Å². The molecular weight excluding hydrogens is 269 g/mol. The van der Waals surface area contributed by atoms with Crippen LogP contribution in [0.2, 0.25) is 5.02 Å². The number of benzene rings is 1. The molecule has 5 heteroatoms. The van der Waals surface area contributed by atoms with Gasteiger partial charge < -0.3 is 10.1 Å². The van der Waals surface area contributed by atoms with Gasteiger partial charge in [0.05, 0.1) is 5.02 Å². The first-order chi connectivity index (χ1) is 8.73. The van der Waals surface area contributed by atoms with Crippen molar-refractivity contribution in [1.82, 2.24) is 5.32 Å². The monoisotopic (exact) mass is 285 g/mol. The fourth-order valence-corrected chi connectivity index (χ4v) is 1.64. The second-order valence-corrected chi connectivity index (χ2v) is 5.44. The molecule has 0 bridgehead atoms. The lowest BCUT2D eigenvalue weighted by atomic mass is 10.1. The van der Waals surface area contributed by atoms with Gasteiger partial charge in [0.25, 0.3) is 0 Å². The number of rotatable bonds is 3. The van der Waals surface area contributed by atoms with Crippen molar-refractivity contribution in [3.63, 3.8) is 0 Å². The van der Waals surface area contributed by atoms with Crippen molar-refractivity contribution in [1.29, 1.82) is 0 Å². The SMILES string of the molecule is C=Cc1cc(Cl)c(F)c(CNC(=O)OC(C)(C)C)c1. The van der Waals surface area contributed by atoms with Gasteiger partial charge in [-0.1, -0.05) is 24.3 Å². The predicted octanol–water partition coefficient (Wildman–Crippen LogP) is 4.15. The van der Waals surface area contributed by atoms with E-state index in [0.29, 0.717) is 5.56 Å². The van der Waals surface area contributed by atoms with Crippen LogP contribution in [-0.2, 0) is 11.3 Å². The highest BCUT2D eigenvalue weighted by molar-refractivity contribution is 6.31. The Morgan fingerprint density at radius 2 is 2.16 bits per heavy atom. The van der Waals surface area contributed by atoms with E-state index in [1.54, 1.807) is 32.9 Å². The molecule has 0 atom stereocenters. The van der Waals surface area contributed by atoms with Crippen LogP contribution in [0.5, 0.6) is 0 Å². The first kappa shape index (κ1) is 15.5. The van der Waals surface area contributed by atoms with E-state index in [1.165, 1.54) is 6.07 Å². The van der Waals surface area contributed by atoms with E-state index in [9.17, 15) is 9.18 Å². The normalized spacial score (nSPS) is 11.0. The molecule has 0 unspecified atom stereocenters. The molecule has 0 saturated carbocycles. The largest absolute Gasteiger partial charge is 0.444 e. The van der Waals surface area contributed by atoms with E-state index < -0.39 is 17.5 Å². The number of nitrogens with one attached hydrogen (secondary N) is 1. The summed E-state index contributed by atoms with van der Waals surface area (Å²) in [4.78, 5) is 11.5. The number of hydrogen-bond acceptors (Lipinski definition) is 2. The zero-order chi connectivity index (χ0) is 14.6. The average Bonchev–Trinajstić information content (AvgIpc) is 2.28. The number of halogens is 2. The Morgan fingerprint density at radius 3 is 2.68 bits per heavy atom. The Hall–Kier alpha value is -1.55. The van der Waals surface area contributed by atoms with Crippen LogP contribution in [0.4, 0.5) is 9.18 Å². The Labute approximate surface area is 117 Å². The number of ether oxygens (including phenoxy) is 1. The molecule has 1 amide bonds. The fraction of sp³-hybridized carbons (Fsp3) is 0.357. The Balaban J connectivity index is 2.75. The van der Waals surface area contributed by atoms with Crippen molar-refractivity contribution in [2.75, 3.05) is 0 Å². The first-order valence-corrected chi connectivity index (χ1v) is 6.18. The van der Waals surface area contributed by atoms with Gasteiger partial charge in [-0.3, -0.25) is 0 Å². The van der Waals surface area contributed by atoms with Crippen LogP contribution in [0, 0.1) is 5.82 Å². The van der Waals surface area contributed by atoms with Crippen molar-refractivity contribution in [2.45, 2.75) is 32.9 Å². The highest BCUT2D eigenvalue weighted by atomic mass is 35.5. The third kappa shape index (κ3) is 4.91. The minimum absolute atomic E-state index is 0.00149. The summed E-state index contributed by atoms with van der Waals surface area (Å²) in [6.45, 7) is 8.85. The smallest absolute Gasteiger partial charge is 0.407 e. The molecular formula is C14H17ClFNO2. The summed E-state index contributed by atoms with van der Waals surface area (Å²) in [5.41, 5.74) is 0.379. The molecule has 0 aromatic heterocycles. The van der Waals surface area contributed by atoms with Crippen molar-refractivity contribution in [2.24, 2.45) is 0 Å². The standard InChI is InChI=1S/C14H17ClFNO2/c1-5-9-6-10(12(16)11(15)7-9)8-17-13(18)19-14(2,3)4/h5-7H,1,8H2,2-4H3,(H,17,18). The number of carbonyl (C=O) groups excluding carboxylic acids is 1. The fourth-order valence-electron chi connectivity index (χ4n) is 1.40. The highest BCUT2D eigenvalue weighted by Crippen LogP contribution is 2.21. The predicted molar refractivity (Wildman–Crippen MR) is 74.6 cm³/mol. The second-order valence-electron chi connectivity index (χ2n) is 5.04. The molecule has 0 aliphatic rings. The summed E-state index contributed by atoms with van der Waals surface area (Å²) >= 11 is 5.75. The Bertz CT molecular complexity index is 495. The van der Waals surface area contributed by atoms with Crippen molar-refractivity contribution >= 4 is 23.8 Å². The van der Waals surface area contributed by atoms with Crippen LogP contribution in [0.25, 0.3) is 6.08 Å². The average molecular weight is 286 g/mol. The quantitative estimate of drug-likeness (QED) is 0.906. The minimum atomic E-state index is -0.605. The van der Waals surface area contributed by atoms with Crippen molar-refractivity contribution in [3.8, 4) is 0 Å². The van der Waals surface area contributed by atoms with Crippen molar-refractivity contribution in [3.05, 3.63) is 40.7 Å². The van der Waals surface area contributed by atoms with E-state index >= 15 is 0 Å². The molecule has 0 aliphatic carbocycles. The van der Waals surface area contributed by atoms with E-state index in [-0.39, 0.29) is 17.1 Å². The molecule has 0 heterocycles. The van der Waals surface area contributed by atoms with E-state index in [1.807, 2.05) is 0 Å². The van der Waals surface area contributed by atoms with Crippen LogP contribution in [0.3, 0.4) is 0 Å². The van der Waals surface area contributed by atoms with Crippen LogP contribution in [0.1, 0.15) is 31.9 Å². The Morgan fingerprint density at radius 1 is 1.53 bits per heavy atom. The summed E-state index contributed by atoms with van der Waals surface area (Å²) in [7, 11) is 0. The molecule has 0 radical (unpaired) electrons. The molecule has 1 rings (SSSR count). The first-order valence-electron chi connectivity index (χ1n) is 5.80. The summed E-state index contributed by atoms with van der Waals surface area (Å²) < 4.78 is 18.8. The number of hydrogen-bond donors (Lipinski definition) is 1. The van der Waals surface area contributed by atoms with Crippen LogP contribution < -0.4 is 5.32 Å². The lowest BCUT2D eigenvalue weighted by Crippen LogP contribution is -2.32. The molecule has 1 aromatic rings. The van der Waals surface area contributed by atoms with Gasteiger partial charge in [0.2, 0.25) is 0 Å². The molecule has 19 heavy (non-hydrogen) atoms.